The monoisotopic (exact) mass is 323 g/mol. The fraction of sp³-hybridized carbons (Fsp3) is 0.533. The molecule has 8 heteroatoms. The number of ether oxygens (including phenoxy) is 3. The maximum atomic E-state index is 12.0. The molecule has 8 nitrogen and oxygen atoms in total. The van der Waals surface area contributed by atoms with Crippen molar-refractivity contribution in [2.75, 3.05) is 23.8 Å². The van der Waals surface area contributed by atoms with E-state index in [4.69, 9.17) is 14.2 Å². The van der Waals surface area contributed by atoms with Crippen LogP contribution in [0, 0.1) is 0 Å². The Labute approximate surface area is 134 Å². The van der Waals surface area contributed by atoms with Gasteiger partial charge in [-0.25, -0.2) is 9.78 Å². The quantitative estimate of drug-likeness (QED) is 0.881. The Morgan fingerprint density at radius 1 is 1.30 bits per heavy atom. The number of nitrogens with zero attached hydrogens (tertiary/aromatic N) is 1. The SMILES string of the molecule is CC(=O)Nc1cc(NC(=O)OC(C)(C)C)c(OC2COC2)cn1. The van der Waals surface area contributed by atoms with Crippen LogP contribution in [0.2, 0.25) is 0 Å². The highest BCUT2D eigenvalue weighted by molar-refractivity contribution is 5.91. The van der Waals surface area contributed by atoms with Crippen molar-refractivity contribution in [2.45, 2.75) is 39.4 Å². The van der Waals surface area contributed by atoms with Crippen LogP contribution in [0.3, 0.4) is 0 Å². The Morgan fingerprint density at radius 2 is 2.00 bits per heavy atom. The minimum absolute atomic E-state index is 0.0809. The summed E-state index contributed by atoms with van der Waals surface area (Å²) < 4.78 is 16.0. The summed E-state index contributed by atoms with van der Waals surface area (Å²) in [5, 5.41) is 5.17. The average Bonchev–Trinajstić information content (AvgIpc) is 2.32. The lowest BCUT2D eigenvalue weighted by Gasteiger charge is -2.28. The molecule has 2 amide bonds. The number of carbonyl (C=O) groups excluding carboxylic acids is 2. The second-order valence-electron chi connectivity index (χ2n) is 6.15. The molecule has 126 valence electrons. The third-order valence-electron chi connectivity index (χ3n) is 2.71. The molecule has 0 spiro atoms. The van der Waals surface area contributed by atoms with E-state index in [0.717, 1.165) is 0 Å². The third-order valence-corrected chi connectivity index (χ3v) is 2.71. The van der Waals surface area contributed by atoms with E-state index in [2.05, 4.69) is 15.6 Å². The van der Waals surface area contributed by atoms with E-state index in [1.807, 2.05) is 0 Å². The van der Waals surface area contributed by atoms with Crippen LogP contribution in [0.15, 0.2) is 12.3 Å². The van der Waals surface area contributed by atoms with Gasteiger partial charge in [0, 0.05) is 13.0 Å². The highest BCUT2D eigenvalue weighted by Gasteiger charge is 2.23. The van der Waals surface area contributed by atoms with Crippen molar-refractivity contribution < 1.29 is 23.8 Å². The number of anilines is 2. The summed E-state index contributed by atoms with van der Waals surface area (Å²) in [6.45, 7) is 7.65. The van der Waals surface area contributed by atoms with Gasteiger partial charge < -0.3 is 19.5 Å². The van der Waals surface area contributed by atoms with E-state index in [0.29, 0.717) is 30.5 Å². The second-order valence-corrected chi connectivity index (χ2v) is 6.15. The molecule has 1 fully saturated rings. The molecule has 2 rings (SSSR count). The van der Waals surface area contributed by atoms with Gasteiger partial charge in [-0.05, 0) is 20.8 Å². The standard InChI is InChI=1S/C15H21N3O5/c1-9(19)17-13-5-11(18-14(20)23-15(2,3)4)12(6-16-13)22-10-7-21-8-10/h5-6,10H,7-8H2,1-4H3,(H2,16,17,18,19,20). The number of hydrogen-bond donors (Lipinski definition) is 2. The number of amides is 2. The van der Waals surface area contributed by atoms with E-state index in [9.17, 15) is 9.59 Å². The predicted molar refractivity (Wildman–Crippen MR) is 83.6 cm³/mol. The van der Waals surface area contributed by atoms with Gasteiger partial charge in [0.2, 0.25) is 5.91 Å². The number of carbonyl (C=O) groups is 2. The lowest BCUT2D eigenvalue weighted by molar-refractivity contribution is -0.114. The number of aromatic nitrogens is 1. The molecular weight excluding hydrogens is 302 g/mol. The molecule has 1 aromatic rings. The highest BCUT2D eigenvalue weighted by Crippen LogP contribution is 2.28. The molecule has 0 aliphatic carbocycles. The van der Waals surface area contributed by atoms with Gasteiger partial charge in [0.15, 0.2) is 5.75 Å². The fourth-order valence-electron chi connectivity index (χ4n) is 1.76. The smallest absolute Gasteiger partial charge is 0.412 e. The first-order chi connectivity index (χ1) is 10.7. The van der Waals surface area contributed by atoms with E-state index < -0.39 is 11.7 Å². The minimum Gasteiger partial charge on any atom is -0.482 e. The zero-order valence-corrected chi connectivity index (χ0v) is 13.6. The summed E-state index contributed by atoms with van der Waals surface area (Å²) in [5.41, 5.74) is -0.259. The average molecular weight is 323 g/mol. The van der Waals surface area contributed by atoms with Gasteiger partial charge in [-0.15, -0.1) is 0 Å². The van der Waals surface area contributed by atoms with Crippen molar-refractivity contribution in [1.29, 1.82) is 0 Å². The Morgan fingerprint density at radius 3 is 2.52 bits per heavy atom. The first kappa shape index (κ1) is 17.0. The van der Waals surface area contributed by atoms with Gasteiger partial charge >= 0.3 is 6.09 Å². The number of rotatable bonds is 4. The normalized spacial score (nSPS) is 14.6. The Bertz CT molecular complexity index is 593. The molecule has 0 saturated carbocycles. The van der Waals surface area contributed by atoms with Crippen LogP contribution in [0.25, 0.3) is 0 Å². The van der Waals surface area contributed by atoms with Crippen LogP contribution in [-0.2, 0) is 14.3 Å². The Kier molecular flexibility index (Phi) is 5.05. The topological polar surface area (TPSA) is 98.8 Å². The highest BCUT2D eigenvalue weighted by atomic mass is 16.6. The van der Waals surface area contributed by atoms with E-state index in [-0.39, 0.29) is 12.0 Å². The van der Waals surface area contributed by atoms with Gasteiger partial charge in [-0.2, -0.15) is 0 Å². The molecule has 2 heterocycles. The molecule has 2 N–H and O–H groups in total. The second kappa shape index (κ2) is 6.82. The van der Waals surface area contributed by atoms with E-state index >= 15 is 0 Å². The van der Waals surface area contributed by atoms with E-state index in [1.54, 1.807) is 20.8 Å². The first-order valence-electron chi connectivity index (χ1n) is 7.25. The van der Waals surface area contributed by atoms with Crippen molar-refractivity contribution in [3.05, 3.63) is 12.3 Å². The molecule has 0 unspecified atom stereocenters. The molecule has 1 saturated heterocycles. The molecule has 0 atom stereocenters. The molecule has 0 bridgehead atoms. The van der Waals surface area contributed by atoms with E-state index in [1.165, 1.54) is 19.2 Å². The molecular formula is C15H21N3O5. The van der Waals surface area contributed by atoms with Crippen LogP contribution in [-0.4, -0.2) is 41.9 Å². The minimum atomic E-state index is -0.625. The molecule has 0 radical (unpaired) electrons. The molecule has 1 aromatic heterocycles. The summed E-state index contributed by atoms with van der Waals surface area (Å²) in [6.07, 6.45) is 0.741. The summed E-state index contributed by atoms with van der Waals surface area (Å²) in [5.74, 6) is 0.431. The van der Waals surface area contributed by atoms with Crippen molar-refractivity contribution in [3.63, 3.8) is 0 Å². The van der Waals surface area contributed by atoms with Crippen LogP contribution >= 0.6 is 0 Å². The Hall–Kier alpha value is -2.35. The number of pyridine rings is 1. The van der Waals surface area contributed by atoms with Crippen LogP contribution in [0.5, 0.6) is 5.75 Å². The first-order valence-corrected chi connectivity index (χ1v) is 7.25. The van der Waals surface area contributed by atoms with Crippen LogP contribution < -0.4 is 15.4 Å². The molecule has 1 aliphatic rings. The Balaban J connectivity index is 2.16. The van der Waals surface area contributed by atoms with Crippen molar-refractivity contribution in [3.8, 4) is 5.75 Å². The van der Waals surface area contributed by atoms with Crippen LogP contribution in [0.1, 0.15) is 27.7 Å². The van der Waals surface area contributed by atoms with Crippen molar-refractivity contribution in [1.82, 2.24) is 4.98 Å². The van der Waals surface area contributed by atoms with Gasteiger partial charge in [-0.3, -0.25) is 10.1 Å². The van der Waals surface area contributed by atoms with Gasteiger partial charge in [-0.1, -0.05) is 0 Å². The van der Waals surface area contributed by atoms with Crippen LogP contribution in [0.4, 0.5) is 16.3 Å². The lowest BCUT2D eigenvalue weighted by atomic mass is 10.2. The lowest BCUT2D eigenvalue weighted by Crippen LogP contribution is -2.38. The maximum absolute atomic E-state index is 12.0. The maximum Gasteiger partial charge on any atom is 0.412 e. The van der Waals surface area contributed by atoms with Gasteiger partial charge in [0.25, 0.3) is 0 Å². The predicted octanol–water partition coefficient (Wildman–Crippen LogP) is 2.16. The molecule has 1 aliphatic heterocycles. The number of nitrogens with one attached hydrogen (secondary N) is 2. The zero-order chi connectivity index (χ0) is 17.0. The third kappa shape index (κ3) is 5.41. The van der Waals surface area contributed by atoms with Gasteiger partial charge in [0.1, 0.15) is 17.5 Å². The molecule has 0 aromatic carbocycles. The largest absolute Gasteiger partial charge is 0.482 e. The summed E-state index contributed by atoms with van der Waals surface area (Å²) in [4.78, 5) is 27.2. The summed E-state index contributed by atoms with van der Waals surface area (Å²) in [6, 6.07) is 1.51. The van der Waals surface area contributed by atoms with Crippen molar-refractivity contribution in [2.24, 2.45) is 0 Å². The number of hydrogen-bond acceptors (Lipinski definition) is 6. The summed E-state index contributed by atoms with van der Waals surface area (Å²) in [7, 11) is 0. The summed E-state index contributed by atoms with van der Waals surface area (Å²) >= 11 is 0. The zero-order valence-electron chi connectivity index (χ0n) is 13.6. The van der Waals surface area contributed by atoms with Crippen molar-refractivity contribution >= 4 is 23.5 Å². The molecule has 23 heavy (non-hydrogen) atoms. The van der Waals surface area contributed by atoms with Gasteiger partial charge in [0.05, 0.1) is 25.1 Å². The fourth-order valence-corrected chi connectivity index (χ4v) is 1.76.